The molecule has 0 spiro atoms. The summed E-state index contributed by atoms with van der Waals surface area (Å²) in [6, 6.07) is 8.43. The third kappa shape index (κ3) is 3.64. The molecule has 0 atom stereocenters. The molecule has 6 nitrogen and oxygen atoms in total. The van der Waals surface area contributed by atoms with E-state index >= 15 is 0 Å². The van der Waals surface area contributed by atoms with Crippen LogP contribution in [0, 0.1) is 12.3 Å². The van der Waals surface area contributed by atoms with E-state index in [9.17, 15) is 9.90 Å². The van der Waals surface area contributed by atoms with Crippen LogP contribution in [0.25, 0.3) is 0 Å². The topological polar surface area (TPSA) is 68.2 Å². The lowest BCUT2D eigenvalue weighted by Gasteiger charge is -2.38. The predicted octanol–water partition coefficient (Wildman–Crippen LogP) is 3.92. The molecule has 0 saturated carbocycles. The Balaban J connectivity index is 1.56. The van der Waals surface area contributed by atoms with Gasteiger partial charge in [0.05, 0.1) is 22.4 Å². The van der Waals surface area contributed by atoms with Crippen LogP contribution in [-0.2, 0) is 4.79 Å². The number of piperazine rings is 1. The Hall–Kier alpha value is -2.38. The zero-order chi connectivity index (χ0) is 19.9. The highest BCUT2D eigenvalue weighted by Gasteiger charge is 2.32. The van der Waals surface area contributed by atoms with E-state index < -0.39 is 11.4 Å². The number of aryl methyl sites for hydroxylation is 1. The van der Waals surface area contributed by atoms with Crippen LogP contribution in [0.2, 0.25) is 0 Å². The first-order valence-electron chi connectivity index (χ1n) is 9.58. The van der Waals surface area contributed by atoms with E-state index in [1.807, 2.05) is 0 Å². The molecule has 7 heteroatoms. The summed E-state index contributed by atoms with van der Waals surface area (Å²) < 4.78 is 0. The van der Waals surface area contributed by atoms with E-state index in [1.54, 1.807) is 25.2 Å². The molecular weight excluding hydrogens is 372 g/mol. The Bertz CT molecular complexity index is 926. The summed E-state index contributed by atoms with van der Waals surface area (Å²) in [6.45, 7) is 9.59. The highest BCUT2D eigenvalue weighted by Crippen LogP contribution is 2.38. The molecule has 3 heterocycles. The maximum absolute atomic E-state index is 11.4. The second-order valence-corrected chi connectivity index (χ2v) is 9.11. The first-order valence-corrected chi connectivity index (χ1v) is 10.5. The van der Waals surface area contributed by atoms with Crippen molar-refractivity contribution >= 4 is 39.5 Å². The van der Waals surface area contributed by atoms with Crippen LogP contribution < -0.4 is 5.32 Å². The van der Waals surface area contributed by atoms with Gasteiger partial charge in [0.25, 0.3) is 0 Å². The minimum absolute atomic E-state index is 0.565. The molecule has 0 radical (unpaired) electrons. The monoisotopic (exact) mass is 398 g/mol. The highest BCUT2D eigenvalue weighted by molar-refractivity contribution is 7.14. The second kappa shape index (κ2) is 7.22. The second-order valence-electron chi connectivity index (χ2n) is 8.20. The standard InChI is InChI=1S/C21H26N4O2S/c1-14-4-5-16-17(12-14)23-19-15(6-11-28-19)18(22-16)25-9-7-24(8-10-25)13-21(2,3)20(26)27/h4-6,11-12,23H,7-10,13H2,1-3H3,(H,26,27). The number of nitrogens with one attached hydrogen (secondary N) is 1. The summed E-state index contributed by atoms with van der Waals surface area (Å²) in [5, 5.41) is 16.2. The van der Waals surface area contributed by atoms with Crippen molar-refractivity contribution in [3.8, 4) is 0 Å². The Kier molecular flexibility index (Phi) is 4.89. The van der Waals surface area contributed by atoms with Crippen molar-refractivity contribution in [1.29, 1.82) is 0 Å². The van der Waals surface area contributed by atoms with Crippen LogP contribution in [-0.4, -0.2) is 59.4 Å². The number of anilines is 2. The van der Waals surface area contributed by atoms with Crippen molar-refractivity contribution in [1.82, 2.24) is 9.80 Å². The van der Waals surface area contributed by atoms with Gasteiger partial charge in [-0.05, 0) is 49.9 Å². The van der Waals surface area contributed by atoms with Crippen LogP contribution in [0.15, 0.2) is 34.6 Å². The van der Waals surface area contributed by atoms with Gasteiger partial charge in [-0.15, -0.1) is 11.3 Å². The fourth-order valence-electron chi connectivity index (χ4n) is 3.71. The number of thiophene rings is 1. The zero-order valence-corrected chi connectivity index (χ0v) is 17.3. The SMILES string of the molecule is Cc1ccc2c(c1)Nc1sccc1C(N1CCN(CC(C)(C)C(=O)O)CC1)=N2. The Labute approximate surface area is 169 Å². The minimum atomic E-state index is -0.746. The lowest BCUT2D eigenvalue weighted by Crippen LogP contribution is -2.51. The van der Waals surface area contributed by atoms with Gasteiger partial charge >= 0.3 is 5.97 Å². The number of amidine groups is 1. The first-order chi connectivity index (χ1) is 13.3. The molecule has 2 N–H and O–H groups in total. The quantitative estimate of drug-likeness (QED) is 0.820. The molecule has 148 valence electrons. The van der Waals surface area contributed by atoms with Gasteiger partial charge in [0.2, 0.25) is 0 Å². The van der Waals surface area contributed by atoms with E-state index in [0.29, 0.717) is 6.54 Å². The molecule has 1 fully saturated rings. The first kappa shape index (κ1) is 19.0. The normalized spacial score (nSPS) is 17.2. The number of hydrogen-bond acceptors (Lipinski definition) is 6. The molecule has 0 amide bonds. The molecule has 0 unspecified atom stereocenters. The molecule has 1 aromatic heterocycles. The molecule has 2 aliphatic heterocycles. The molecule has 2 aliphatic rings. The van der Waals surface area contributed by atoms with Crippen molar-refractivity contribution in [2.45, 2.75) is 20.8 Å². The summed E-state index contributed by atoms with van der Waals surface area (Å²) in [5.74, 6) is 0.257. The molecule has 4 rings (SSSR count). The number of benzene rings is 1. The fraction of sp³-hybridized carbons (Fsp3) is 0.429. The predicted molar refractivity (Wildman–Crippen MR) is 114 cm³/mol. The van der Waals surface area contributed by atoms with E-state index in [-0.39, 0.29) is 0 Å². The number of aliphatic imine (C=N–C) groups is 1. The third-order valence-corrected chi connectivity index (χ3v) is 6.23. The molecule has 28 heavy (non-hydrogen) atoms. The Morgan fingerprint density at radius 2 is 2.00 bits per heavy atom. The minimum Gasteiger partial charge on any atom is -0.481 e. The number of hydrogen-bond donors (Lipinski definition) is 2. The van der Waals surface area contributed by atoms with Crippen LogP contribution in [0.5, 0.6) is 0 Å². The van der Waals surface area contributed by atoms with Crippen LogP contribution in [0.1, 0.15) is 25.0 Å². The number of carboxylic acid groups (broad SMARTS) is 1. The van der Waals surface area contributed by atoms with E-state index in [4.69, 9.17) is 4.99 Å². The summed E-state index contributed by atoms with van der Waals surface area (Å²) in [7, 11) is 0. The molecule has 1 saturated heterocycles. The average molecular weight is 399 g/mol. The molecule has 2 aromatic rings. The average Bonchev–Trinajstić information content (AvgIpc) is 3.04. The number of nitrogens with zero attached hydrogens (tertiary/aromatic N) is 3. The van der Waals surface area contributed by atoms with Crippen LogP contribution in [0.3, 0.4) is 0 Å². The molecule has 0 aliphatic carbocycles. The van der Waals surface area contributed by atoms with E-state index in [2.05, 4.69) is 51.7 Å². The maximum Gasteiger partial charge on any atom is 0.310 e. The van der Waals surface area contributed by atoms with Crippen molar-refractivity contribution in [2.75, 3.05) is 38.0 Å². The van der Waals surface area contributed by atoms with Crippen molar-refractivity contribution in [3.63, 3.8) is 0 Å². The van der Waals surface area contributed by atoms with Crippen LogP contribution in [0.4, 0.5) is 16.4 Å². The number of fused-ring (bicyclic) bond motifs is 2. The lowest BCUT2D eigenvalue weighted by atomic mass is 9.93. The third-order valence-electron chi connectivity index (χ3n) is 5.40. The summed E-state index contributed by atoms with van der Waals surface area (Å²) in [4.78, 5) is 21.0. The van der Waals surface area contributed by atoms with Gasteiger partial charge in [0.15, 0.2) is 0 Å². The van der Waals surface area contributed by atoms with Gasteiger partial charge in [-0.3, -0.25) is 9.69 Å². The highest BCUT2D eigenvalue weighted by atomic mass is 32.1. The molecular formula is C21H26N4O2S. The lowest BCUT2D eigenvalue weighted by molar-refractivity contribution is -0.148. The number of aliphatic carboxylic acids is 1. The van der Waals surface area contributed by atoms with Crippen LogP contribution >= 0.6 is 11.3 Å². The van der Waals surface area contributed by atoms with E-state index in [0.717, 1.165) is 54.0 Å². The van der Waals surface area contributed by atoms with Gasteiger partial charge in [0, 0.05) is 32.7 Å². The largest absolute Gasteiger partial charge is 0.481 e. The maximum atomic E-state index is 11.4. The number of carbonyl (C=O) groups is 1. The van der Waals surface area contributed by atoms with Gasteiger partial charge < -0.3 is 15.3 Å². The Morgan fingerprint density at radius 1 is 1.25 bits per heavy atom. The van der Waals surface area contributed by atoms with Crippen molar-refractivity contribution in [2.24, 2.45) is 10.4 Å². The van der Waals surface area contributed by atoms with Gasteiger partial charge in [-0.1, -0.05) is 6.07 Å². The van der Waals surface area contributed by atoms with Gasteiger partial charge in [-0.2, -0.15) is 0 Å². The van der Waals surface area contributed by atoms with E-state index in [1.165, 1.54) is 5.56 Å². The fourth-order valence-corrected chi connectivity index (χ4v) is 4.51. The number of rotatable bonds is 3. The summed E-state index contributed by atoms with van der Waals surface area (Å²) in [5.41, 5.74) is 3.61. The van der Waals surface area contributed by atoms with Gasteiger partial charge in [-0.25, -0.2) is 4.99 Å². The Morgan fingerprint density at radius 3 is 2.71 bits per heavy atom. The summed E-state index contributed by atoms with van der Waals surface area (Å²) in [6.07, 6.45) is 0. The zero-order valence-electron chi connectivity index (χ0n) is 16.5. The molecule has 1 aromatic carbocycles. The van der Waals surface area contributed by atoms with Crippen molar-refractivity contribution in [3.05, 3.63) is 40.8 Å². The van der Waals surface area contributed by atoms with Crippen molar-refractivity contribution < 1.29 is 9.90 Å². The number of carboxylic acids is 1. The molecule has 0 bridgehead atoms. The smallest absolute Gasteiger partial charge is 0.310 e. The summed E-state index contributed by atoms with van der Waals surface area (Å²) >= 11 is 1.69. The van der Waals surface area contributed by atoms with Gasteiger partial charge in [0.1, 0.15) is 10.8 Å².